The zero-order valence-corrected chi connectivity index (χ0v) is 17.0. The van der Waals surface area contributed by atoms with Crippen LogP contribution >= 0.6 is 0 Å². The van der Waals surface area contributed by atoms with E-state index < -0.39 is 29.7 Å². The second kappa shape index (κ2) is 10.4. The summed E-state index contributed by atoms with van der Waals surface area (Å²) in [5.41, 5.74) is 0.608. The minimum atomic E-state index is -0.823. The van der Waals surface area contributed by atoms with Gasteiger partial charge in [0.25, 0.3) is 0 Å². The van der Waals surface area contributed by atoms with Gasteiger partial charge in [0.15, 0.2) is 5.76 Å². The van der Waals surface area contributed by atoms with Crippen molar-refractivity contribution in [1.29, 1.82) is 0 Å². The van der Waals surface area contributed by atoms with Gasteiger partial charge in [0.2, 0.25) is 11.2 Å². The molecular formula is C23H23NO7. The van der Waals surface area contributed by atoms with E-state index in [2.05, 4.69) is 4.98 Å². The van der Waals surface area contributed by atoms with Crippen molar-refractivity contribution in [3.63, 3.8) is 0 Å². The first-order valence-electron chi connectivity index (χ1n) is 9.76. The highest BCUT2D eigenvalue weighted by molar-refractivity contribution is 5.71. The Hall–Kier alpha value is -3.65. The average molecular weight is 425 g/mol. The zero-order valence-electron chi connectivity index (χ0n) is 17.0. The number of aliphatic hydroxyl groups excluding tert-OH is 1. The minimum Gasteiger partial charge on any atom is -0.502 e. The fourth-order valence-corrected chi connectivity index (χ4v) is 3.08. The third kappa shape index (κ3) is 5.70. The number of ether oxygens (including phenoxy) is 2. The third-order valence-corrected chi connectivity index (χ3v) is 4.52. The lowest BCUT2D eigenvalue weighted by Gasteiger charge is -2.18. The molecule has 0 fully saturated rings. The highest BCUT2D eigenvalue weighted by atomic mass is 16.5. The highest BCUT2D eigenvalue weighted by Gasteiger charge is 2.27. The molecular weight excluding hydrogens is 402 g/mol. The molecule has 0 aliphatic carbocycles. The van der Waals surface area contributed by atoms with Gasteiger partial charge in [-0.3, -0.25) is 14.6 Å². The molecule has 0 saturated carbocycles. The number of benzene rings is 1. The van der Waals surface area contributed by atoms with E-state index in [4.69, 9.17) is 13.9 Å². The van der Waals surface area contributed by atoms with Gasteiger partial charge in [-0.25, -0.2) is 0 Å². The molecule has 0 aliphatic rings. The van der Waals surface area contributed by atoms with Crippen LogP contribution in [0, 0.1) is 0 Å². The third-order valence-electron chi connectivity index (χ3n) is 4.52. The number of aromatic hydroxyl groups is 1. The van der Waals surface area contributed by atoms with Crippen LogP contribution in [0.5, 0.6) is 11.5 Å². The van der Waals surface area contributed by atoms with Crippen LogP contribution in [0.15, 0.2) is 63.9 Å². The van der Waals surface area contributed by atoms with Crippen LogP contribution in [0.2, 0.25) is 0 Å². The fraction of sp³-hybridized carbons (Fsp3) is 0.261. The highest BCUT2D eigenvalue weighted by Crippen LogP contribution is 2.35. The van der Waals surface area contributed by atoms with E-state index in [1.165, 1.54) is 0 Å². The van der Waals surface area contributed by atoms with Gasteiger partial charge >= 0.3 is 5.97 Å². The number of nitrogens with zero attached hydrogens (tertiary/aromatic N) is 1. The molecule has 0 saturated heterocycles. The summed E-state index contributed by atoms with van der Waals surface area (Å²) in [5, 5.41) is 19.7. The molecule has 0 spiro atoms. The van der Waals surface area contributed by atoms with Crippen LogP contribution in [0.3, 0.4) is 0 Å². The first-order chi connectivity index (χ1) is 15.0. The fourth-order valence-electron chi connectivity index (χ4n) is 3.08. The van der Waals surface area contributed by atoms with Gasteiger partial charge in [-0.15, -0.1) is 0 Å². The van der Waals surface area contributed by atoms with Gasteiger partial charge in [-0.05, 0) is 36.8 Å². The maximum Gasteiger partial charge on any atom is 0.306 e. The van der Waals surface area contributed by atoms with Crippen molar-refractivity contribution in [3.05, 3.63) is 87.7 Å². The molecule has 1 aromatic carbocycles. The Morgan fingerprint density at radius 3 is 2.74 bits per heavy atom. The molecule has 0 amide bonds. The van der Waals surface area contributed by atoms with E-state index in [1.807, 2.05) is 18.2 Å². The number of aliphatic hydroxyl groups is 1. The number of rotatable bonds is 9. The number of carbonyl (C=O) groups is 1. The molecule has 3 aromatic rings. The quantitative estimate of drug-likeness (QED) is 0.502. The smallest absolute Gasteiger partial charge is 0.306 e. The van der Waals surface area contributed by atoms with Crippen molar-refractivity contribution >= 4 is 5.97 Å². The molecule has 31 heavy (non-hydrogen) atoms. The summed E-state index contributed by atoms with van der Waals surface area (Å²) in [5.74, 6) is -1.59. The Kier molecular flexibility index (Phi) is 7.40. The van der Waals surface area contributed by atoms with E-state index in [-0.39, 0.29) is 31.2 Å². The van der Waals surface area contributed by atoms with Crippen molar-refractivity contribution in [2.75, 3.05) is 6.61 Å². The van der Waals surface area contributed by atoms with Gasteiger partial charge in [0.1, 0.15) is 24.7 Å². The second-order valence-electron chi connectivity index (χ2n) is 6.69. The Morgan fingerprint density at radius 1 is 1.19 bits per heavy atom. The monoisotopic (exact) mass is 425 g/mol. The first kappa shape index (κ1) is 22.0. The SMILES string of the molecule is CCOC(=O)C[C@H](c1cccc(OCc2ccccn2)c1)c1oc(CO)cc(=O)c1O. The molecule has 2 aromatic heterocycles. The van der Waals surface area contributed by atoms with Crippen LogP contribution < -0.4 is 10.2 Å². The lowest BCUT2D eigenvalue weighted by Crippen LogP contribution is -2.15. The second-order valence-corrected chi connectivity index (χ2v) is 6.69. The van der Waals surface area contributed by atoms with Crippen molar-refractivity contribution in [2.45, 2.75) is 32.5 Å². The predicted octanol–water partition coefficient (Wildman–Crippen LogP) is 2.90. The summed E-state index contributed by atoms with van der Waals surface area (Å²) >= 11 is 0. The van der Waals surface area contributed by atoms with Gasteiger partial charge in [0.05, 0.1) is 24.6 Å². The van der Waals surface area contributed by atoms with Crippen LogP contribution in [-0.4, -0.2) is 27.8 Å². The van der Waals surface area contributed by atoms with E-state index in [1.54, 1.807) is 37.4 Å². The van der Waals surface area contributed by atoms with Gasteiger partial charge < -0.3 is 24.1 Å². The van der Waals surface area contributed by atoms with Crippen molar-refractivity contribution in [2.24, 2.45) is 0 Å². The Morgan fingerprint density at radius 2 is 2.03 bits per heavy atom. The summed E-state index contributed by atoms with van der Waals surface area (Å²) in [6, 6.07) is 13.4. The molecule has 0 bridgehead atoms. The molecule has 0 aliphatic heterocycles. The number of hydrogen-bond acceptors (Lipinski definition) is 8. The van der Waals surface area contributed by atoms with Crippen LogP contribution in [-0.2, 0) is 22.7 Å². The Bertz CT molecular complexity index is 1080. The summed E-state index contributed by atoms with van der Waals surface area (Å²) in [4.78, 5) is 28.6. The van der Waals surface area contributed by atoms with E-state index >= 15 is 0 Å². The molecule has 162 valence electrons. The number of aromatic nitrogens is 1. The van der Waals surface area contributed by atoms with Crippen molar-refractivity contribution in [1.82, 2.24) is 4.98 Å². The molecule has 0 unspecified atom stereocenters. The lowest BCUT2D eigenvalue weighted by molar-refractivity contribution is -0.143. The van der Waals surface area contributed by atoms with Crippen molar-refractivity contribution in [3.8, 4) is 11.5 Å². The predicted molar refractivity (Wildman–Crippen MR) is 111 cm³/mol. The molecule has 8 nitrogen and oxygen atoms in total. The molecule has 3 rings (SSSR count). The summed E-state index contributed by atoms with van der Waals surface area (Å²) in [6.45, 7) is 1.59. The van der Waals surface area contributed by atoms with Crippen LogP contribution in [0.1, 0.15) is 42.0 Å². The standard InChI is InChI=1S/C23H23NO7/c1-2-29-21(27)12-19(23-22(28)20(26)11-18(13-25)31-23)15-6-5-8-17(10-15)30-14-16-7-3-4-9-24-16/h3-11,19,25,28H,2,12-14H2,1H3/t19-/m1/s1. The summed E-state index contributed by atoms with van der Waals surface area (Å²) < 4.78 is 16.4. The number of pyridine rings is 1. The summed E-state index contributed by atoms with van der Waals surface area (Å²) in [6.07, 6.45) is 1.49. The zero-order chi connectivity index (χ0) is 22.2. The Labute approximate surface area is 178 Å². The number of hydrogen-bond donors (Lipinski definition) is 2. The molecule has 1 atom stereocenters. The van der Waals surface area contributed by atoms with Crippen LogP contribution in [0.25, 0.3) is 0 Å². The molecule has 2 heterocycles. The van der Waals surface area contributed by atoms with Gasteiger partial charge in [0, 0.05) is 12.3 Å². The average Bonchev–Trinajstić information content (AvgIpc) is 2.79. The maximum absolute atomic E-state index is 12.2. The van der Waals surface area contributed by atoms with Gasteiger partial charge in [-0.2, -0.15) is 0 Å². The van der Waals surface area contributed by atoms with E-state index in [0.29, 0.717) is 11.3 Å². The summed E-state index contributed by atoms with van der Waals surface area (Å²) in [7, 11) is 0. The first-order valence-corrected chi connectivity index (χ1v) is 9.76. The number of carbonyl (C=O) groups excluding carboxylic acids is 1. The van der Waals surface area contributed by atoms with Crippen LogP contribution in [0.4, 0.5) is 0 Å². The topological polar surface area (TPSA) is 119 Å². The normalized spacial score (nSPS) is 11.7. The van der Waals surface area contributed by atoms with E-state index in [9.17, 15) is 19.8 Å². The lowest BCUT2D eigenvalue weighted by atomic mass is 9.92. The number of esters is 1. The van der Waals surface area contributed by atoms with E-state index in [0.717, 1.165) is 11.8 Å². The minimum absolute atomic E-state index is 0.0192. The molecule has 8 heteroatoms. The van der Waals surface area contributed by atoms with Crippen molar-refractivity contribution < 1.29 is 28.9 Å². The maximum atomic E-state index is 12.2. The largest absolute Gasteiger partial charge is 0.502 e. The molecule has 0 radical (unpaired) electrons. The molecule has 2 N–H and O–H groups in total. The Balaban J connectivity index is 1.95. The van der Waals surface area contributed by atoms with Gasteiger partial charge in [-0.1, -0.05) is 18.2 Å².